The van der Waals surface area contributed by atoms with Crippen LogP contribution in [0.15, 0.2) is 24.3 Å². The van der Waals surface area contributed by atoms with Crippen LogP contribution in [-0.2, 0) is 19.1 Å². The highest BCUT2D eigenvalue weighted by Crippen LogP contribution is 2.36. The average molecular weight is 406 g/mol. The number of ether oxygens (including phenoxy) is 2. The molecule has 2 heterocycles. The molecular weight excluding hydrogens is 379 g/mol. The third kappa shape index (κ3) is 5.53. The minimum atomic E-state index is -0.485. The van der Waals surface area contributed by atoms with Gasteiger partial charge in [0.1, 0.15) is 5.82 Å². The summed E-state index contributed by atoms with van der Waals surface area (Å²) in [5.74, 6) is -0.903. The average Bonchev–Trinajstić information content (AvgIpc) is 2.73. The van der Waals surface area contributed by atoms with Crippen molar-refractivity contribution in [2.24, 2.45) is 5.41 Å². The Morgan fingerprint density at radius 1 is 1.03 bits per heavy atom. The Balaban J connectivity index is 1.65. The number of nitrogens with zero attached hydrogens (tertiary/aromatic N) is 2. The highest BCUT2D eigenvalue weighted by atomic mass is 19.1. The lowest BCUT2D eigenvalue weighted by molar-refractivity contribution is -0.150. The molecule has 2 aliphatic rings. The normalized spacial score (nSPS) is 19.0. The lowest BCUT2D eigenvalue weighted by Crippen LogP contribution is -2.49. The predicted octanol–water partition coefficient (Wildman–Crippen LogP) is 1.86. The molecular formula is C21H27FN2O5. The monoisotopic (exact) mass is 406 g/mol. The molecule has 0 aromatic heterocycles. The van der Waals surface area contributed by atoms with Crippen LogP contribution in [0.2, 0.25) is 0 Å². The van der Waals surface area contributed by atoms with E-state index in [1.807, 2.05) is 0 Å². The summed E-state index contributed by atoms with van der Waals surface area (Å²) >= 11 is 0. The predicted molar refractivity (Wildman–Crippen MR) is 103 cm³/mol. The van der Waals surface area contributed by atoms with Gasteiger partial charge >= 0.3 is 5.97 Å². The van der Waals surface area contributed by atoms with E-state index in [-0.39, 0.29) is 36.6 Å². The van der Waals surface area contributed by atoms with Gasteiger partial charge in [0.2, 0.25) is 5.91 Å². The summed E-state index contributed by atoms with van der Waals surface area (Å²) < 4.78 is 23.7. The van der Waals surface area contributed by atoms with Gasteiger partial charge in [-0.1, -0.05) is 0 Å². The standard InChI is InChI=1S/C21H27FN2O5/c1-16(25)29-15-21(14-19(26)23-10-12-28-13-11-23)6-8-24(9-7-21)20(27)17-2-4-18(22)5-3-17/h2-5H,6-15H2,1H3. The van der Waals surface area contributed by atoms with Crippen LogP contribution in [0, 0.1) is 11.2 Å². The molecule has 8 heteroatoms. The van der Waals surface area contributed by atoms with Gasteiger partial charge < -0.3 is 19.3 Å². The van der Waals surface area contributed by atoms with Crippen molar-refractivity contribution in [1.82, 2.24) is 9.80 Å². The van der Waals surface area contributed by atoms with E-state index >= 15 is 0 Å². The molecule has 0 N–H and O–H groups in total. The van der Waals surface area contributed by atoms with Crippen LogP contribution >= 0.6 is 0 Å². The summed E-state index contributed by atoms with van der Waals surface area (Å²) in [6.45, 7) is 4.62. The fraction of sp³-hybridized carbons (Fsp3) is 0.571. The van der Waals surface area contributed by atoms with Gasteiger partial charge in [0.15, 0.2) is 0 Å². The molecule has 2 fully saturated rings. The first-order chi connectivity index (χ1) is 13.9. The first-order valence-corrected chi connectivity index (χ1v) is 9.92. The first kappa shape index (κ1) is 21.2. The van der Waals surface area contributed by atoms with Crippen molar-refractivity contribution in [3.05, 3.63) is 35.6 Å². The maximum Gasteiger partial charge on any atom is 0.302 e. The molecule has 1 aromatic carbocycles. The minimum Gasteiger partial charge on any atom is -0.465 e. The van der Waals surface area contributed by atoms with Crippen molar-refractivity contribution in [3.8, 4) is 0 Å². The molecule has 0 saturated carbocycles. The highest BCUT2D eigenvalue weighted by Gasteiger charge is 2.40. The molecule has 0 atom stereocenters. The highest BCUT2D eigenvalue weighted by molar-refractivity contribution is 5.94. The Kier molecular flexibility index (Phi) is 6.84. The molecule has 0 radical (unpaired) electrons. The molecule has 7 nitrogen and oxygen atoms in total. The number of carbonyl (C=O) groups excluding carboxylic acids is 3. The summed E-state index contributed by atoms with van der Waals surface area (Å²) in [6.07, 6.45) is 1.39. The van der Waals surface area contributed by atoms with Crippen LogP contribution in [0.5, 0.6) is 0 Å². The number of halogens is 1. The molecule has 158 valence electrons. The number of likely N-dealkylation sites (tertiary alicyclic amines) is 1. The Morgan fingerprint density at radius 3 is 2.24 bits per heavy atom. The van der Waals surface area contributed by atoms with Crippen LogP contribution in [-0.4, -0.2) is 73.6 Å². The number of benzene rings is 1. The molecule has 1 aromatic rings. The van der Waals surface area contributed by atoms with Gasteiger partial charge in [0.05, 0.1) is 19.8 Å². The van der Waals surface area contributed by atoms with Crippen LogP contribution in [0.25, 0.3) is 0 Å². The van der Waals surface area contributed by atoms with E-state index in [4.69, 9.17) is 9.47 Å². The molecule has 2 aliphatic heterocycles. The van der Waals surface area contributed by atoms with Gasteiger partial charge in [-0.05, 0) is 37.1 Å². The largest absolute Gasteiger partial charge is 0.465 e. The Bertz CT molecular complexity index is 738. The van der Waals surface area contributed by atoms with Crippen molar-refractivity contribution >= 4 is 17.8 Å². The number of carbonyl (C=O) groups is 3. The Hall–Kier alpha value is -2.48. The van der Waals surface area contributed by atoms with Crippen LogP contribution < -0.4 is 0 Å². The minimum absolute atomic E-state index is 0.0266. The second-order valence-corrected chi connectivity index (χ2v) is 7.75. The second kappa shape index (κ2) is 9.35. The number of hydrogen-bond donors (Lipinski definition) is 0. The molecule has 29 heavy (non-hydrogen) atoms. The van der Waals surface area contributed by atoms with E-state index in [1.165, 1.54) is 31.2 Å². The van der Waals surface area contributed by atoms with E-state index in [0.717, 1.165) is 0 Å². The lowest BCUT2D eigenvalue weighted by Gasteiger charge is -2.42. The zero-order chi connectivity index (χ0) is 20.9. The molecule has 0 aliphatic carbocycles. The summed E-state index contributed by atoms with van der Waals surface area (Å²) in [5, 5.41) is 0. The van der Waals surface area contributed by atoms with Crippen molar-refractivity contribution < 1.29 is 28.2 Å². The van der Waals surface area contributed by atoms with Crippen molar-refractivity contribution in [1.29, 1.82) is 0 Å². The fourth-order valence-electron chi connectivity index (χ4n) is 3.83. The zero-order valence-electron chi connectivity index (χ0n) is 16.7. The molecule has 3 rings (SSSR count). The van der Waals surface area contributed by atoms with E-state index in [1.54, 1.807) is 9.80 Å². The molecule has 0 spiro atoms. The SMILES string of the molecule is CC(=O)OCC1(CC(=O)N2CCOCC2)CCN(C(=O)c2ccc(F)cc2)CC1. The maximum absolute atomic E-state index is 13.1. The lowest BCUT2D eigenvalue weighted by atomic mass is 9.75. The number of morpholine rings is 1. The summed E-state index contributed by atoms with van der Waals surface area (Å²) in [5.41, 5.74) is -0.0519. The van der Waals surface area contributed by atoms with Gasteiger partial charge in [-0.2, -0.15) is 0 Å². The third-order valence-corrected chi connectivity index (χ3v) is 5.67. The first-order valence-electron chi connectivity index (χ1n) is 9.92. The summed E-state index contributed by atoms with van der Waals surface area (Å²) in [7, 11) is 0. The number of esters is 1. The number of hydrogen-bond acceptors (Lipinski definition) is 5. The van der Waals surface area contributed by atoms with E-state index in [9.17, 15) is 18.8 Å². The Labute approximate surface area is 169 Å². The van der Waals surface area contributed by atoms with Crippen molar-refractivity contribution in [2.75, 3.05) is 46.0 Å². The van der Waals surface area contributed by atoms with Gasteiger partial charge in [-0.15, -0.1) is 0 Å². The number of rotatable bonds is 5. The second-order valence-electron chi connectivity index (χ2n) is 7.75. The molecule has 0 unspecified atom stereocenters. The van der Waals surface area contributed by atoms with Crippen molar-refractivity contribution in [3.63, 3.8) is 0 Å². The fourth-order valence-corrected chi connectivity index (χ4v) is 3.83. The van der Waals surface area contributed by atoms with Gasteiger partial charge in [0.25, 0.3) is 5.91 Å². The van der Waals surface area contributed by atoms with Crippen molar-refractivity contribution in [2.45, 2.75) is 26.2 Å². The Morgan fingerprint density at radius 2 is 1.66 bits per heavy atom. The maximum atomic E-state index is 13.1. The summed E-state index contributed by atoms with van der Waals surface area (Å²) in [4.78, 5) is 40.4. The van der Waals surface area contributed by atoms with E-state index < -0.39 is 5.41 Å². The number of amides is 2. The van der Waals surface area contributed by atoms with Crippen LogP contribution in [0.4, 0.5) is 4.39 Å². The van der Waals surface area contributed by atoms with E-state index in [0.29, 0.717) is 57.8 Å². The van der Waals surface area contributed by atoms with Crippen LogP contribution in [0.1, 0.15) is 36.5 Å². The van der Waals surface area contributed by atoms with E-state index in [2.05, 4.69) is 0 Å². The molecule has 0 bridgehead atoms. The molecule has 2 saturated heterocycles. The van der Waals surface area contributed by atoms with Gasteiger partial charge in [0, 0.05) is 50.5 Å². The quantitative estimate of drug-likeness (QED) is 0.698. The van der Waals surface area contributed by atoms with Crippen LogP contribution in [0.3, 0.4) is 0 Å². The van der Waals surface area contributed by atoms with Gasteiger partial charge in [-0.3, -0.25) is 14.4 Å². The zero-order valence-corrected chi connectivity index (χ0v) is 16.7. The molecule has 2 amide bonds. The van der Waals surface area contributed by atoms with Gasteiger partial charge in [-0.25, -0.2) is 4.39 Å². The third-order valence-electron chi connectivity index (χ3n) is 5.67. The number of piperidine rings is 1. The smallest absolute Gasteiger partial charge is 0.302 e. The summed E-state index contributed by atoms with van der Waals surface area (Å²) in [6, 6.07) is 5.48. The topological polar surface area (TPSA) is 76.2 Å².